The fourth-order valence-electron chi connectivity index (χ4n) is 3.84. The Labute approximate surface area is 189 Å². The van der Waals surface area contributed by atoms with Crippen LogP contribution in [0.4, 0.5) is 11.4 Å². The highest BCUT2D eigenvalue weighted by Gasteiger charge is 2.32. The molecule has 4 rings (SSSR count). The third-order valence-corrected chi connectivity index (χ3v) is 5.80. The number of aryl methyl sites for hydroxylation is 3. The lowest BCUT2D eigenvalue weighted by Crippen LogP contribution is -2.44. The molecule has 1 heterocycles. The van der Waals surface area contributed by atoms with E-state index in [1.54, 1.807) is 11.8 Å². The third-order valence-electron chi connectivity index (χ3n) is 5.80. The highest BCUT2D eigenvalue weighted by atomic mass is 16.5. The maximum atomic E-state index is 12.9. The maximum Gasteiger partial charge on any atom is 0.268 e. The minimum Gasteiger partial charge on any atom is -0.479 e. The summed E-state index contributed by atoms with van der Waals surface area (Å²) in [5.41, 5.74) is 5.86. The number of nitrogens with zero attached hydrogens (tertiary/aromatic N) is 1. The molecule has 5 heteroatoms. The molecule has 0 fully saturated rings. The van der Waals surface area contributed by atoms with Crippen LogP contribution < -0.4 is 15.0 Å². The molecule has 0 saturated heterocycles. The van der Waals surface area contributed by atoms with Crippen molar-refractivity contribution in [2.45, 2.75) is 46.3 Å². The van der Waals surface area contributed by atoms with Crippen molar-refractivity contribution in [2.24, 2.45) is 0 Å². The molecular formula is C27H28N2O3. The Hall–Kier alpha value is -3.60. The predicted octanol–water partition coefficient (Wildman–Crippen LogP) is 5.19. The summed E-state index contributed by atoms with van der Waals surface area (Å²) in [4.78, 5) is 27.2. The molecule has 1 unspecified atom stereocenters. The maximum absolute atomic E-state index is 12.9. The summed E-state index contributed by atoms with van der Waals surface area (Å²) < 4.78 is 5.81. The second-order valence-corrected chi connectivity index (χ2v) is 8.33. The van der Waals surface area contributed by atoms with Crippen LogP contribution in [0.1, 0.15) is 35.6 Å². The Morgan fingerprint density at radius 1 is 1.03 bits per heavy atom. The SMILES string of the molecule is Cc1ccc(CCC(=O)Nc2ccc3c(c2)N(Cc2ccccc2C)C(=O)C(C)O3)cc1. The van der Waals surface area contributed by atoms with Gasteiger partial charge in [0.05, 0.1) is 12.2 Å². The van der Waals surface area contributed by atoms with Gasteiger partial charge < -0.3 is 15.0 Å². The molecule has 0 radical (unpaired) electrons. The van der Waals surface area contributed by atoms with Gasteiger partial charge in [0.25, 0.3) is 5.91 Å². The quantitative estimate of drug-likeness (QED) is 0.588. The van der Waals surface area contributed by atoms with Crippen LogP contribution in [0.25, 0.3) is 0 Å². The molecule has 3 aromatic carbocycles. The standard InChI is InChI=1S/C27H28N2O3/c1-18-8-10-21(11-9-18)12-15-26(30)28-23-13-14-25-24(16-23)29(27(31)20(3)32-25)17-22-7-5-4-6-19(22)2/h4-11,13-14,16,20H,12,15,17H2,1-3H3,(H,28,30). The van der Waals surface area contributed by atoms with Crippen LogP contribution in [0.2, 0.25) is 0 Å². The molecule has 164 valence electrons. The van der Waals surface area contributed by atoms with Gasteiger partial charge in [-0.15, -0.1) is 0 Å². The summed E-state index contributed by atoms with van der Waals surface area (Å²) in [6.45, 7) is 6.30. The van der Waals surface area contributed by atoms with Crippen molar-refractivity contribution in [1.29, 1.82) is 0 Å². The lowest BCUT2D eigenvalue weighted by atomic mass is 10.1. The van der Waals surface area contributed by atoms with Crippen molar-refractivity contribution in [1.82, 2.24) is 0 Å². The zero-order chi connectivity index (χ0) is 22.7. The van der Waals surface area contributed by atoms with Crippen LogP contribution in [0.15, 0.2) is 66.7 Å². The Balaban J connectivity index is 1.50. The van der Waals surface area contributed by atoms with Crippen molar-refractivity contribution in [3.8, 4) is 5.75 Å². The first-order valence-electron chi connectivity index (χ1n) is 10.9. The number of hydrogen-bond acceptors (Lipinski definition) is 3. The lowest BCUT2D eigenvalue weighted by Gasteiger charge is -2.33. The van der Waals surface area contributed by atoms with E-state index >= 15 is 0 Å². The van der Waals surface area contributed by atoms with Crippen LogP contribution >= 0.6 is 0 Å². The molecule has 0 spiro atoms. The van der Waals surface area contributed by atoms with Crippen LogP contribution in [0, 0.1) is 13.8 Å². The van der Waals surface area contributed by atoms with E-state index in [-0.39, 0.29) is 11.8 Å². The Morgan fingerprint density at radius 3 is 2.53 bits per heavy atom. The second-order valence-electron chi connectivity index (χ2n) is 8.33. The molecule has 1 N–H and O–H groups in total. The molecule has 0 aliphatic carbocycles. The van der Waals surface area contributed by atoms with Crippen LogP contribution in [0.3, 0.4) is 0 Å². The monoisotopic (exact) mass is 428 g/mol. The first-order valence-corrected chi connectivity index (χ1v) is 10.9. The van der Waals surface area contributed by atoms with E-state index in [1.165, 1.54) is 5.56 Å². The highest BCUT2D eigenvalue weighted by Crippen LogP contribution is 2.37. The molecular weight excluding hydrogens is 400 g/mol. The molecule has 0 bridgehead atoms. The molecule has 3 aromatic rings. The molecule has 5 nitrogen and oxygen atoms in total. The van der Waals surface area contributed by atoms with Gasteiger partial charge in [-0.05, 0) is 62.1 Å². The van der Waals surface area contributed by atoms with Gasteiger partial charge in [0.15, 0.2) is 6.10 Å². The molecule has 0 aromatic heterocycles. The number of fused-ring (bicyclic) bond motifs is 1. The Kier molecular flexibility index (Phi) is 6.26. The first kappa shape index (κ1) is 21.6. The largest absolute Gasteiger partial charge is 0.479 e. The number of anilines is 2. The number of carbonyl (C=O) groups is 2. The van der Waals surface area contributed by atoms with Crippen molar-refractivity contribution >= 4 is 23.2 Å². The molecule has 1 aliphatic heterocycles. The van der Waals surface area contributed by atoms with Gasteiger partial charge in [0.1, 0.15) is 5.75 Å². The molecule has 0 saturated carbocycles. The van der Waals surface area contributed by atoms with E-state index in [9.17, 15) is 9.59 Å². The number of carbonyl (C=O) groups excluding carboxylic acids is 2. The normalized spacial score (nSPS) is 15.2. The topological polar surface area (TPSA) is 58.6 Å². The second kappa shape index (κ2) is 9.27. The van der Waals surface area contributed by atoms with Gasteiger partial charge in [-0.25, -0.2) is 0 Å². The van der Waals surface area contributed by atoms with E-state index in [2.05, 4.69) is 29.6 Å². The van der Waals surface area contributed by atoms with Gasteiger partial charge in [0.2, 0.25) is 5.91 Å². The van der Waals surface area contributed by atoms with Crippen molar-refractivity contribution in [3.63, 3.8) is 0 Å². The first-order chi connectivity index (χ1) is 15.4. The van der Waals surface area contributed by atoms with Gasteiger partial charge >= 0.3 is 0 Å². The fourth-order valence-corrected chi connectivity index (χ4v) is 3.84. The number of ether oxygens (including phenoxy) is 1. The third kappa shape index (κ3) is 4.83. The van der Waals surface area contributed by atoms with Crippen LogP contribution in [-0.2, 0) is 22.6 Å². The number of benzene rings is 3. The molecule has 1 atom stereocenters. The van der Waals surface area contributed by atoms with Crippen LogP contribution in [-0.4, -0.2) is 17.9 Å². The zero-order valence-corrected chi connectivity index (χ0v) is 18.7. The number of nitrogens with one attached hydrogen (secondary N) is 1. The van der Waals surface area contributed by atoms with Crippen LogP contribution in [0.5, 0.6) is 5.75 Å². The van der Waals surface area contributed by atoms with Gasteiger partial charge in [-0.1, -0.05) is 54.1 Å². The van der Waals surface area contributed by atoms with Gasteiger partial charge in [-0.3, -0.25) is 9.59 Å². The summed E-state index contributed by atoms with van der Waals surface area (Å²) in [6, 6.07) is 21.7. The Morgan fingerprint density at radius 2 is 1.78 bits per heavy atom. The summed E-state index contributed by atoms with van der Waals surface area (Å²) in [7, 11) is 0. The highest BCUT2D eigenvalue weighted by molar-refractivity contribution is 6.01. The number of amides is 2. The lowest BCUT2D eigenvalue weighted by molar-refractivity contribution is -0.125. The van der Waals surface area contributed by atoms with E-state index in [0.717, 1.165) is 16.7 Å². The van der Waals surface area contributed by atoms with E-state index < -0.39 is 6.10 Å². The average Bonchev–Trinajstić information content (AvgIpc) is 2.78. The smallest absolute Gasteiger partial charge is 0.268 e. The summed E-state index contributed by atoms with van der Waals surface area (Å²) in [5, 5.41) is 2.96. The van der Waals surface area contributed by atoms with Crippen molar-refractivity contribution in [3.05, 3.63) is 89.0 Å². The molecule has 1 aliphatic rings. The van der Waals surface area contributed by atoms with E-state index in [4.69, 9.17) is 4.74 Å². The Bertz CT molecular complexity index is 1140. The minimum atomic E-state index is -0.554. The minimum absolute atomic E-state index is 0.0626. The predicted molar refractivity (Wildman–Crippen MR) is 127 cm³/mol. The van der Waals surface area contributed by atoms with Gasteiger partial charge in [0, 0.05) is 12.1 Å². The van der Waals surface area contributed by atoms with Gasteiger partial charge in [-0.2, -0.15) is 0 Å². The fraction of sp³-hybridized carbons (Fsp3) is 0.259. The number of rotatable bonds is 6. The van der Waals surface area contributed by atoms with Crippen molar-refractivity contribution in [2.75, 3.05) is 10.2 Å². The summed E-state index contributed by atoms with van der Waals surface area (Å²) >= 11 is 0. The molecule has 2 amide bonds. The summed E-state index contributed by atoms with van der Waals surface area (Å²) in [6.07, 6.45) is 0.510. The van der Waals surface area contributed by atoms with E-state index in [0.29, 0.717) is 36.5 Å². The molecule has 32 heavy (non-hydrogen) atoms. The zero-order valence-electron chi connectivity index (χ0n) is 18.7. The average molecular weight is 429 g/mol. The van der Waals surface area contributed by atoms with Crippen molar-refractivity contribution < 1.29 is 14.3 Å². The van der Waals surface area contributed by atoms with E-state index in [1.807, 2.05) is 56.3 Å². The number of hydrogen-bond donors (Lipinski definition) is 1. The summed E-state index contributed by atoms with van der Waals surface area (Å²) in [5.74, 6) is 0.486.